The monoisotopic (exact) mass is 550 g/mol. The number of hydrogen-bond donors (Lipinski definition) is 2. The van der Waals surface area contributed by atoms with Crippen LogP contribution in [-0.2, 0) is 16.1 Å². The van der Waals surface area contributed by atoms with Gasteiger partial charge in [-0.05, 0) is 43.0 Å². The van der Waals surface area contributed by atoms with Crippen molar-refractivity contribution in [3.8, 4) is 0 Å². The summed E-state index contributed by atoms with van der Waals surface area (Å²) in [6.45, 7) is 3.82. The molecule has 9 nitrogen and oxygen atoms in total. The van der Waals surface area contributed by atoms with Crippen LogP contribution in [0.1, 0.15) is 35.1 Å². The topological polar surface area (TPSA) is 116 Å². The standard InChI is InChI=1S/C19H22N4O.2C2HF3O2/c24-19-16-5-3-9-22(16)17-12-21(10-14-6-7-14)13-18(17)23(19)11-15-4-1-2-8-20-15;2*3-2(4,5)1(6)7/h1-5,8-9,14,17-18H,6-7,10-13H2;2*(H,6,7). The molecule has 208 valence electrons. The van der Waals surface area contributed by atoms with E-state index in [-0.39, 0.29) is 11.9 Å². The van der Waals surface area contributed by atoms with Gasteiger partial charge in [0.15, 0.2) is 0 Å². The third kappa shape index (κ3) is 7.46. The van der Waals surface area contributed by atoms with E-state index in [0.29, 0.717) is 12.6 Å². The summed E-state index contributed by atoms with van der Waals surface area (Å²) in [5.41, 5.74) is 1.78. The number of carbonyl (C=O) groups excluding carboxylic acids is 1. The van der Waals surface area contributed by atoms with E-state index in [0.717, 1.165) is 30.4 Å². The van der Waals surface area contributed by atoms with Crippen LogP contribution in [-0.4, -0.2) is 85.4 Å². The Kier molecular flexibility index (Phi) is 8.69. The highest BCUT2D eigenvalue weighted by molar-refractivity contribution is 5.94. The number of nitrogens with zero attached hydrogens (tertiary/aromatic N) is 4. The Balaban J connectivity index is 0.000000239. The van der Waals surface area contributed by atoms with Crippen molar-refractivity contribution in [2.24, 2.45) is 5.92 Å². The summed E-state index contributed by atoms with van der Waals surface area (Å²) < 4.78 is 65.7. The molecular weight excluding hydrogens is 526 g/mol. The molecule has 2 unspecified atom stereocenters. The van der Waals surface area contributed by atoms with Crippen molar-refractivity contribution in [1.82, 2.24) is 19.4 Å². The highest BCUT2D eigenvalue weighted by Crippen LogP contribution is 2.37. The molecule has 2 aromatic rings. The summed E-state index contributed by atoms with van der Waals surface area (Å²) >= 11 is 0. The van der Waals surface area contributed by atoms with E-state index in [2.05, 4.69) is 25.5 Å². The van der Waals surface area contributed by atoms with Gasteiger partial charge in [-0.3, -0.25) is 14.7 Å². The third-order valence-electron chi connectivity index (χ3n) is 6.11. The first-order chi connectivity index (χ1) is 17.7. The maximum Gasteiger partial charge on any atom is 0.490 e. The summed E-state index contributed by atoms with van der Waals surface area (Å²) in [6.07, 6.45) is -3.55. The Morgan fingerprint density at radius 3 is 2.00 bits per heavy atom. The molecule has 3 aliphatic rings. The number of pyridine rings is 1. The van der Waals surface area contributed by atoms with E-state index >= 15 is 0 Å². The number of aliphatic carboxylic acids is 2. The largest absolute Gasteiger partial charge is 0.490 e. The van der Waals surface area contributed by atoms with Gasteiger partial charge in [0.05, 0.1) is 24.3 Å². The number of hydrogen-bond acceptors (Lipinski definition) is 5. The molecule has 0 radical (unpaired) electrons. The minimum atomic E-state index is -5.08. The highest BCUT2D eigenvalue weighted by atomic mass is 19.4. The molecule has 5 rings (SSSR count). The Morgan fingerprint density at radius 2 is 1.50 bits per heavy atom. The second-order valence-corrected chi connectivity index (χ2v) is 8.96. The van der Waals surface area contributed by atoms with E-state index in [4.69, 9.17) is 19.8 Å². The minimum absolute atomic E-state index is 0.139. The second-order valence-electron chi connectivity index (χ2n) is 8.96. The molecule has 2 fully saturated rings. The molecule has 0 aromatic carbocycles. The van der Waals surface area contributed by atoms with Crippen LogP contribution >= 0.6 is 0 Å². The molecule has 2 N–H and O–H groups in total. The van der Waals surface area contributed by atoms with E-state index in [1.165, 1.54) is 19.4 Å². The number of likely N-dealkylation sites (tertiary alicyclic amines) is 1. The van der Waals surface area contributed by atoms with Crippen LogP contribution in [0.25, 0.3) is 0 Å². The summed E-state index contributed by atoms with van der Waals surface area (Å²) in [5, 5.41) is 14.2. The average molecular weight is 550 g/mol. The Hall–Kier alpha value is -3.62. The molecule has 0 bridgehead atoms. The second kappa shape index (κ2) is 11.4. The molecule has 1 saturated heterocycles. The molecule has 2 aliphatic heterocycles. The first-order valence-electron chi connectivity index (χ1n) is 11.4. The van der Waals surface area contributed by atoms with Crippen LogP contribution in [0.4, 0.5) is 26.3 Å². The molecular formula is C23H24F6N4O5. The van der Waals surface area contributed by atoms with Crippen LogP contribution in [0.3, 0.4) is 0 Å². The van der Waals surface area contributed by atoms with Gasteiger partial charge in [0.2, 0.25) is 0 Å². The maximum absolute atomic E-state index is 13.0. The van der Waals surface area contributed by atoms with Crippen LogP contribution in [0.15, 0.2) is 42.7 Å². The lowest BCUT2D eigenvalue weighted by molar-refractivity contribution is -0.193. The van der Waals surface area contributed by atoms with Gasteiger partial charge >= 0.3 is 24.3 Å². The fourth-order valence-electron chi connectivity index (χ4n) is 4.26. The zero-order valence-electron chi connectivity index (χ0n) is 19.7. The first kappa shape index (κ1) is 28.9. The van der Waals surface area contributed by atoms with E-state index in [1.54, 1.807) is 6.20 Å². The number of fused-ring (bicyclic) bond motifs is 3. The van der Waals surface area contributed by atoms with Gasteiger partial charge in [-0.1, -0.05) is 6.07 Å². The van der Waals surface area contributed by atoms with E-state index < -0.39 is 24.3 Å². The van der Waals surface area contributed by atoms with Crippen LogP contribution in [0.5, 0.6) is 0 Å². The molecule has 0 spiro atoms. The van der Waals surface area contributed by atoms with Crippen molar-refractivity contribution in [3.05, 3.63) is 54.1 Å². The van der Waals surface area contributed by atoms with Gasteiger partial charge in [-0.15, -0.1) is 0 Å². The molecule has 2 aromatic heterocycles. The Bertz CT molecular complexity index is 1110. The average Bonchev–Trinajstić information content (AvgIpc) is 3.32. The van der Waals surface area contributed by atoms with E-state index in [9.17, 15) is 31.1 Å². The van der Waals surface area contributed by atoms with Crippen molar-refractivity contribution >= 4 is 17.8 Å². The number of carboxylic acids is 2. The van der Waals surface area contributed by atoms with Crippen molar-refractivity contribution in [2.75, 3.05) is 19.6 Å². The Labute approximate surface area is 212 Å². The number of alkyl halides is 6. The molecule has 1 amide bonds. The SMILES string of the molecule is O=C(O)C(F)(F)F.O=C(O)C(F)(F)F.O=C1c2cccn2C2CN(CC3CC3)CC2N1Cc1ccccn1. The van der Waals surface area contributed by atoms with Gasteiger partial charge < -0.3 is 19.7 Å². The number of halogens is 6. The van der Waals surface area contributed by atoms with Crippen molar-refractivity contribution in [2.45, 2.75) is 43.8 Å². The third-order valence-corrected chi connectivity index (χ3v) is 6.11. The summed E-state index contributed by atoms with van der Waals surface area (Å²) in [4.78, 5) is 39.9. The maximum atomic E-state index is 13.0. The lowest BCUT2D eigenvalue weighted by Crippen LogP contribution is -2.49. The molecule has 15 heteroatoms. The fourth-order valence-corrected chi connectivity index (χ4v) is 4.26. The predicted molar refractivity (Wildman–Crippen MR) is 118 cm³/mol. The van der Waals surface area contributed by atoms with Gasteiger partial charge in [0, 0.05) is 32.0 Å². The first-order valence-corrected chi connectivity index (χ1v) is 11.4. The lowest BCUT2D eigenvalue weighted by atomic mass is 10.1. The van der Waals surface area contributed by atoms with Crippen molar-refractivity contribution in [1.29, 1.82) is 0 Å². The molecule has 4 heterocycles. The predicted octanol–water partition coefficient (Wildman–Crippen LogP) is 3.44. The molecule has 1 saturated carbocycles. The van der Waals surface area contributed by atoms with Crippen LogP contribution in [0.2, 0.25) is 0 Å². The number of carbonyl (C=O) groups is 3. The van der Waals surface area contributed by atoms with Gasteiger partial charge in [-0.25, -0.2) is 9.59 Å². The molecule has 1 aliphatic carbocycles. The van der Waals surface area contributed by atoms with Gasteiger partial charge in [0.25, 0.3) is 5.91 Å². The summed E-state index contributed by atoms with van der Waals surface area (Å²) in [7, 11) is 0. The van der Waals surface area contributed by atoms with Crippen LogP contribution < -0.4 is 0 Å². The fraction of sp³-hybridized carbons (Fsp3) is 0.478. The Morgan fingerprint density at radius 1 is 0.921 bits per heavy atom. The van der Waals surface area contributed by atoms with E-state index in [1.807, 2.05) is 30.3 Å². The number of carboxylic acid groups (broad SMARTS) is 2. The van der Waals surface area contributed by atoms with Crippen molar-refractivity contribution in [3.63, 3.8) is 0 Å². The minimum Gasteiger partial charge on any atom is -0.475 e. The highest BCUT2D eigenvalue weighted by Gasteiger charge is 2.45. The quantitative estimate of drug-likeness (QED) is 0.561. The van der Waals surface area contributed by atoms with Crippen LogP contribution in [0, 0.1) is 5.92 Å². The van der Waals surface area contributed by atoms with Gasteiger partial charge in [0.1, 0.15) is 5.69 Å². The summed E-state index contributed by atoms with van der Waals surface area (Å²) in [5.74, 6) is -4.49. The number of aromatic nitrogens is 2. The van der Waals surface area contributed by atoms with Crippen molar-refractivity contribution < 1.29 is 50.9 Å². The number of rotatable bonds is 4. The number of amides is 1. The zero-order chi connectivity index (χ0) is 28.3. The van der Waals surface area contributed by atoms with Gasteiger partial charge in [-0.2, -0.15) is 26.3 Å². The molecule has 38 heavy (non-hydrogen) atoms. The smallest absolute Gasteiger partial charge is 0.475 e. The normalized spacial score (nSPS) is 20.9. The lowest BCUT2D eigenvalue weighted by Gasteiger charge is -2.38. The zero-order valence-corrected chi connectivity index (χ0v) is 19.7. The summed E-state index contributed by atoms with van der Waals surface area (Å²) in [6, 6.07) is 10.5. The molecule has 2 atom stereocenters.